The molecule has 0 atom stereocenters. The molecule has 0 unspecified atom stereocenters. The maximum absolute atomic E-state index is 5.18. The summed E-state index contributed by atoms with van der Waals surface area (Å²) in [5, 5.41) is 19.3. The van der Waals surface area contributed by atoms with Crippen molar-refractivity contribution < 1.29 is 0 Å². The molecular weight excluding hydrogens is 1260 g/mol. The Morgan fingerprint density at radius 3 is 0.827 bits per heavy atom. The van der Waals surface area contributed by atoms with E-state index in [1.165, 1.54) is 92.3 Å². The highest BCUT2D eigenvalue weighted by Gasteiger charge is 2.19. The zero-order valence-electron chi connectivity index (χ0n) is 56.5. The molecule has 0 aliphatic carbocycles. The molecule has 20 aromatic rings. The van der Waals surface area contributed by atoms with Crippen molar-refractivity contribution in [3.05, 3.63) is 376 Å². The van der Waals surface area contributed by atoms with Gasteiger partial charge in [-0.1, -0.05) is 315 Å². The van der Waals surface area contributed by atoms with Crippen LogP contribution in [0.4, 0.5) is 0 Å². The predicted molar refractivity (Wildman–Crippen MR) is 434 cm³/mol. The minimum atomic E-state index is 0.642. The Balaban J connectivity index is 0.000000143. The molecule has 0 spiro atoms. The number of nitrogens with zero attached hydrogens (tertiary/aromatic N) is 6. The Morgan fingerprint density at radius 2 is 0.365 bits per heavy atom. The van der Waals surface area contributed by atoms with Crippen LogP contribution < -0.4 is 0 Å². The minimum Gasteiger partial charge on any atom is -0.208 e. The molecule has 0 saturated heterocycles. The van der Waals surface area contributed by atoms with Crippen LogP contribution in [-0.4, -0.2) is 29.9 Å². The van der Waals surface area contributed by atoms with Gasteiger partial charge in [-0.05, 0) is 191 Å². The highest BCUT2D eigenvalue weighted by atomic mass is 15.0. The van der Waals surface area contributed by atoms with Crippen LogP contribution in [0.15, 0.2) is 376 Å². The highest BCUT2D eigenvalue weighted by Crippen LogP contribution is 2.39. The van der Waals surface area contributed by atoms with Crippen molar-refractivity contribution in [2.75, 3.05) is 0 Å². The van der Waals surface area contributed by atoms with Crippen LogP contribution in [0.3, 0.4) is 0 Å². The smallest absolute Gasteiger partial charge is 0.164 e. The van der Waals surface area contributed by atoms with Gasteiger partial charge in [-0.3, -0.25) is 0 Å². The number of hydrogen-bond acceptors (Lipinski definition) is 6. The normalized spacial score (nSPS) is 11.5. The first-order valence-corrected chi connectivity index (χ1v) is 35.2. The van der Waals surface area contributed by atoms with Crippen LogP contribution in [0.2, 0.25) is 0 Å². The van der Waals surface area contributed by atoms with Crippen LogP contribution in [0, 0.1) is 0 Å². The van der Waals surface area contributed by atoms with Crippen LogP contribution in [0.5, 0.6) is 0 Å². The monoisotopic (exact) mass is 1320 g/mol. The first-order valence-electron chi connectivity index (χ1n) is 35.2. The summed E-state index contributed by atoms with van der Waals surface area (Å²) in [7, 11) is 0. The van der Waals surface area contributed by atoms with Gasteiger partial charge in [0.25, 0.3) is 0 Å². The number of rotatable bonds is 10. The average molecular weight is 1320 g/mol. The minimum absolute atomic E-state index is 0.642. The molecule has 0 fully saturated rings. The lowest BCUT2D eigenvalue weighted by molar-refractivity contribution is 1.07. The van der Waals surface area contributed by atoms with Crippen molar-refractivity contribution in [2.24, 2.45) is 0 Å². The van der Waals surface area contributed by atoms with E-state index in [1.807, 2.05) is 48.5 Å². The van der Waals surface area contributed by atoms with Gasteiger partial charge in [-0.2, -0.15) is 0 Å². The van der Waals surface area contributed by atoms with Gasteiger partial charge in [-0.15, -0.1) is 0 Å². The molecule has 484 valence electrons. The first-order chi connectivity index (χ1) is 51.4. The summed E-state index contributed by atoms with van der Waals surface area (Å²) in [5.74, 6) is 3.89. The molecule has 0 bridgehead atoms. The van der Waals surface area contributed by atoms with E-state index in [0.29, 0.717) is 34.9 Å². The fraction of sp³-hybridized carbons (Fsp3) is 0. The fourth-order valence-electron chi connectivity index (χ4n) is 14.7. The Morgan fingerprint density at radius 1 is 0.115 bits per heavy atom. The molecule has 2 aromatic heterocycles. The third-order valence-electron chi connectivity index (χ3n) is 20.1. The third kappa shape index (κ3) is 11.9. The van der Waals surface area contributed by atoms with E-state index in [0.717, 1.165) is 71.8 Å². The van der Waals surface area contributed by atoms with Crippen molar-refractivity contribution in [3.63, 3.8) is 0 Å². The molecule has 0 amide bonds. The molecule has 0 saturated carbocycles. The Hall–Kier alpha value is -13.9. The SMILES string of the molecule is c1ccc(-c2nc(-c3cccc(-c4ccc5cc(-c6ccc7ccccc7c6)ccc5c4)c3)nc(-c3cc4ccccc4c4ccccc34)n2)cc1.c1ccc(-c2nc(-c3cccc(-c4ccc5cc(-c6ccc7ccccc7c6)ccc5c4)c3)nc(-c3ccc4c(ccc5ccccc54)c3)n2)cc1. The van der Waals surface area contributed by atoms with Crippen molar-refractivity contribution in [1.29, 1.82) is 0 Å². The number of aromatic nitrogens is 6. The summed E-state index contributed by atoms with van der Waals surface area (Å²) in [6.45, 7) is 0. The van der Waals surface area contributed by atoms with Gasteiger partial charge in [-0.25, -0.2) is 29.9 Å². The summed E-state index contributed by atoms with van der Waals surface area (Å²) in [6, 6.07) is 133. The Bertz CT molecular complexity index is 6750. The predicted octanol–water partition coefficient (Wildman–Crippen LogP) is 25.6. The second kappa shape index (κ2) is 26.3. The summed E-state index contributed by atoms with van der Waals surface area (Å²) in [5.41, 5.74) is 15.1. The summed E-state index contributed by atoms with van der Waals surface area (Å²) in [4.78, 5) is 30.4. The summed E-state index contributed by atoms with van der Waals surface area (Å²) < 4.78 is 0. The van der Waals surface area contributed by atoms with E-state index in [2.05, 4.69) is 328 Å². The summed E-state index contributed by atoms with van der Waals surface area (Å²) >= 11 is 0. The van der Waals surface area contributed by atoms with Crippen molar-refractivity contribution >= 4 is 86.2 Å². The first kappa shape index (κ1) is 61.2. The van der Waals surface area contributed by atoms with Crippen molar-refractivity contribution in [1.82, 2.24) is 29.9 Å². The van der Waals surface area contributed by atoms with Gasteiger partial charge in [0.15, 0.2) is 34.9 Å². The molecule has 0 radical (unpaired) electrons. The van der Waals surface area contributed by atoms with Gasteiger partial charge in [0, 0.05) is 33.4 Å². The Labute approximate surface area is 601 Å². The standard InChI is InChI=1S/2C49H31N3/c1-2-12-33(13-3-1)47-50-48(52-49(51-47)46-31-41-15-6-7-18-43(41)44-19-8-9-20-45(44)46)42-17-10-16-35(30-42)36-23-24-40-29-39(26-25-38(40)28-36)37-22-21-32-11-4-5-14-34(32)27-37;1-2-11-34(12-3-1)47-50-48(52-49(51-47)44-25-26-46-42(31-44)24-18-33-10-6-7-16-45(33)46)43-15-8-14-36(30-43)37-20-21-41-29-40(23-22-39(41)28-37)38-19-17-32-9-4-5-13-35(32)27-38/h2*1-31H. The molecule has 0 N–H and O–H groups in total. The second-order valence-electron chi connectivity index (χ2n) is 26.6. The molecule has 6 nitrogen and oxygen atoms in total. The van der Waals surface area contributed by atoms with Crippen LogP contribution in [-0.2, 0) is 0 Å². The maximum Gasteiger partial charge on any atom is 0.164 e. The molecule has 0 aliphatic rings. The van der Waals surface area contributed by atoms with Crippen LogP contribution in [0.25, 0.3) is 199 Å². The van der Waals surface area contributed by atoms with E-state index in [-0.39, 0.29) is 0 Å². The quantitative estimate of drug-likeness (QED) is 0.127. The zero-order valence-corrected chi connectivity index (χ0v) is 56.5. The van der Waals surface area contributed by atoms with Gasteiger partial charge >= 0.3 is 0 Å². The van der Waals surface area contributed by atoms with E-state index in [4.69, 9.17) is 29.9 Å². The lowest BCUT2D eigenvalue weighted by Crippen LogP contribution is -2.01. The maximum atomic E-state index is 5.18. The molecular formula is C98H62N6. The molecule has 20 rings (SSSR count). The summed E-state index contributed by atoms with van der Waals surface area (Å²) in [6.07, 6.45) is 0. The molecule has 104 heavy (non-hydrogen) atoms. The number of benzene rings is 18. The van der Waals surface area contributed by atoms with E-state index in [9.17, 15) is 0 Å². The van der Waals surface area contributed by atoms with Crippen molar-refractivity contribution in [2.45, 2.75) is 0 Å². The van der Waals surface area contributed by atoms with Crippen molar-refractivity contribution in [3.8, 4) is 113 Å². The number of hydrogen-bond donors (Lipinski definition) is 0. The highest BCUT2D eigenvalue weighted by molar-refractivity contribution is 6.13. The number of fused-ring (bicyclic) bond motifs is 10. The largest absolute Gasteiger partial charge is 0.208 e. The molecule has 0 aliphatic heterocycles. The topological polar surface area (TPSA) is 77.3 Å². The lowest BCUT2D eigenvalue weighted by Gasteiger charge is -2.13. The fourth-order valence-corrected chi connectivity index (χ4v) is 14.7. The zero-order chi connectivity index (χ0) is 68.9. The van der Waals surface area contributed by atoms with Gasteiger partial charge in [0.05, 0.1) is 0 Å². The van der Waals surface area contributed by atoms with E-state index >= 15 is 0 Å². The molecule has 18 aromatic carbocycles. The van der Waals surface area contributed by atoms with Gasteiger partial charge in [0.2, 0.25) is 0 Å². The van der Waals surface area contributed by atoms with Crippen LogP contribution in [0.1, 0.15) is 0 Å². The van der Waals surface area contributed by atoms with E-state index in [1.54, 1.807) is 0 Å². The van der Waals surface area contributed by atoms with Gasteiger partial charge in [0.1, 0.15) is 0 Å². The lowest BCUT2D eigenvalue weighted by atomic mass is 9.96. The Kier molecular flexibility index (Phi) is 15.5. The van der Waals surface area contributed by atoms with E-state index < -0.39 is 0 Å². The molecule has 6 heteroatoms. The third-order valence-corrected chi connectivity index (χ3v) is 20.1. The second-order valence-corrected chi connectivity index (χ2v) is 26.6. The average Bonchev–Trinajstić information content (AvgIpc) is 0.747. The van der Waals surface area contributed by atoms with Crippen LogP contribution >= 0.6 is 0 Å². The van der Waals surface area contributed by atoms with Gasteiger partial charge < -0.3 is 0 Å². The molecule has 2 heterocycles.